The van der Waals surface area contributed by atoms with E-state index in [0.717, 1.165) is 29.3 Å². The molecular weight excluding hydrogens is 228 g/mol. The molecule has 1 heterocycles. The molecule has 2 bridgehead atoms. The van der Waals surface area contributed by atoms with E-state index >= 15 is 0 Å². The molecule has 0 aromatic carbocycles. The van der Waals surface area contributed by atoms with Gasteiger partial charge in [-0.3, -0.25) is 0 Å². The van der Waals surface area contributed by atoms with Crippen LogP contribution in [0.3, 0.4) is 0 Å². The molecule has 4 unspecified atom stereocenters. The Balaban J connectivity index is 1.53. The maximum Gasteiger partial charge on any atom is 0.0771 e. The average Bonchev–Trinajstić information content (AvgIpc) is 2.91. The second kappa shape index (κ2) is 4.85. The number of piperidine rings is 1. The number of likely N-dealkylation sites (tertiary alicyclic amines) is 1. The molecule has 3 aliphatic rings. The van der Waals surface area contributed by atoms with Crippen LogP contribution in [0.25, 0.3) is 0 Å². The van der Waals surface area contributed by atoms with Gasteiger partial charge < -0.3 is 10.6 Å². The summed E-state index contributed by atoms with van der Waals surface area (Å²) in [6.45, 7) is 3.72. The number of fused-ring (bicyclic) bond motifs is 2. The Bertz CT molecular complexity index is 305. The maximum atomic E-state index is 5.80. The summed E-state index contributed by atoms with van der Waals surface area (Å²) in [5.74, 6) is 3.59. The Kier molecular flexibility index (Phi) is 3.40. The summed E-state index contributed by atoms with van der Waals surface area (Å²) in [4.78, 5) is 3.38. The van der Waals surface area contributed by atoms with E-state index in [1.807, 2.05) is 0 Å². The van der Waals surface area contributed by atoms with Crippen molar-refractivity contribution in [2.24, 2.45) is 29.4 Å². The summed E-state index contributed by atoms with van der Waals surface area (Å²) in [6.07, 6.45) is 8.53. The largest absolute Gasteiger partial charge is 0.393 e. The van der Waals surface area contributed by atoms with Crippen molar-refractivity contribution in [3.8, 4) is 0 Å². The lowest BCUT2D eigenvalue weighted by molar-refractivity contribution is 0.151. The van der Waals surface area contributed by atoms with E-state index in [4.69, 9.17) is 18.0 Å². The van der Waals surface area contributed by atoms with E-state index in [2.05, 4.69) is 4.90 Å². The Hall–Kier alpha value is -0.150. The second-order valence-electron chi connectivity index (χ2n) is 6.44. The van der Waals surface area contributed by atoms with Crippen molar-refractivity contribution in [1.82, 2.24) is 4.90 Å². The molecule has 2 N–H and O–H groups in total. The van der Waals surface area contributed by atoms with Crippen LogP contribution in [0, 0.1) is 23.7 Å². The van der Waals surface area contributed by atoms with Crippen LogP contribution >= 0.6 is 12.2 Å². The molecule has 2 aliphatic carbocycles. The summed E-state index contributed by atoms with van der Waals surface area (Å²) < 4.78 is 0. The van der Waals surface area contributed by atoms with E-state index in [-0.39, 0.29) is 0 Å². The van der Waals surface area contributed by atoms with Gasteiger partial charge in [0.2, 0.25) is 0 Å². The fourth-order valence-electron chi connectivity index (χ4n) is 4.39. The molecular formula is C14H24N2S. The Morgan fingerprint density at radius 1 is 1.24 bits per heavy atom. The zero-order valence-corrected chi connectivity index (χ0v) is 11.4. The highest BCUT2D eigenvalue weighted by atomic mass is 32.1. The normalized spacial score (nSPS) is 41.9. The van der Waals surface area contributed by atoms with E-state index < -0.39 is 0 Å². The first-order valence-electron chi connectivity index (χ1n) is 7.24. The first-order chi connectivity index (χ1) is 8.22. The van der Waals surface area contributed by atoms with Gasteiger partial charge in [0.15, 0.2) is 0 Å². The van der Waals surface area contributed by atoms with Gasteiger partial charge in [-0.1, -0.05) is 18.6 Å². The van der Waals surface area contributed by atoms with Crippen molar-refractivity contribution >= 4 is 17.2 Å². The number of nitrogens with two attached hydrogens (primary N) is 1. The highest BCUT2D eigenvalue weighted by Crippen LogP contribution is 2.48. The zero-order valence-electron chi connectivity index (χ0n) is 10.6. The zero-order chi connectivity index (χ0) is 11.8. The van der Waals surface area contributed by atoms with Crippen LogP contribution in [0.1, 0.15) is 38.5 Å². The Morgan fingerprint density at radius 3 is 2.76 bits per heavy atom. The minimum Gasteiger partial charge on any atom is -0.393 e. The van der Waals surface area contributed by atoms with Crippen molar-refractivity contribution in [3.63, 3.8) is 0 Å². The number of hydrogen-bond donors (Lipinski definition) is 1. The molecule has 17 heavy (non-hydrogen) atoms. The molecule has 2 nitrogen and oxygen atoms in total. The van der Waals surface area contributed by atoms with Crippen LogP contribution in [0.4, 0.5) is 0 Å². The van der Waals surface area contributed by atoms with E-state index in [9.17, 15) is 0 Å². The van der Waals surface area contributed by atoms with Gasteiger partial charge in [0.25, 0.3) is 0 Å². The van der Waals surface area contributed by atoms with E-state index in [0.29, 0.717) is 5.92 Å². The molecule has 4 atom stereocenters. The van der Waals surface area contributed by atoms with E-state index in [1.54, 1.807) is 0 Å². The third-order valence-electron chi connectivity index (χ3n) is 5.29. The minimum absolute atomic E-state index is 0.484. The molecule has 1 aliphatic heterocycles. The molecule has 3 rings (SSSR count). The predicted molar refractivity (Wildman–Crippen MR) is 74.9 cm³/mol. The predicted octanol–water partition coefficient (Wildman–Crippen LogP) is 2.42. The van der Waals surface area contributed by atoms with Gasteiger partial charge in [0.1, 0.15) is 0 Å². The van der Waals surface area contributed by atoms with Gasteiger partial charge >= 0.3 is 0 Å². The lowest BCUT2D eigenvalue weighted by atomic mass is 9.87. The van der Waals surface area contributed by atoms with Crippen molar-refractivity contribution in [3.05, 3.63) is 0 Å². The lowest BCUT2D eigenvalue weighted by Crippen LogP contribution is -2.43. The molecule has 0 aromatic heterocycles. The van der Waals surface area contributed by atoms with Gasteiger partial charge in [0.05, 0.1) is 4.99 Å². The standard InChI is InChI=1S/C14H24N2S/c15-14(17)12-2-1-5-16(8-12)9-13-7-10-3-4-11(13)6-10/h10-13H,1-9H2,(H2,15,17). The number of rotatable bonds is 3. The minimum atomic E-state index is 0.484. The molecule has 96 valence electrons. The van der Waals surface area contributed by atoms with Crippen LogP contribution in [-0.2, 0) is 0 Å². The van der Waals surface area contributed by atoms with Crippen LogP contribution in [-0.4, -0.2) is 29.5 Å². The third kappa shape index (κ3) is 2.50. The fourth-order valence-corrected chi connectivity index (χ4v) is 4.58. The van der Waals surface area contributed by atoms with Crippen molar-refractivity contribution in [2.75, 3.05) is 19.6 Å². The highest BCUT2D eigenvalue weighted by Gasteiger charge is 2.40. The average molecular weight is 252 g/mol. The quantitative estimate of drug-likeness (QED) is 0.782. The summed E-state index contributed by atoms with van der Waals surface area (Å²) in [5.41, 5.74) is 5.80. The monoisotopic (exact) mass is 252 g/mol. The Morgan fingerprint density at radius 2 is 2.12 bits per heavy atom. The van der Waals surface area contributed by atoms with Crippen LogP contribution in [0.5, 0.6) is 0 Å². The first-order valence-corrected chi connectivity index (χ1v) is 7.65. The molecule has 3 fully saturated rings. The molecule has 0 radical (unpaired) electrons. The molecule has 2 saturated carbocycles. The van der Waals surface area contributed by atoms with Gasteiger partial charge in [-0.15, -0.1) is 0 Å². The fraction of sp³-hybridized carbons (Fsp3) is 0.929. The van der Waals surface area contributed by atoms with Gasteiger partial charge in [0, 0.05) is 19.0 Å². The summed E-state index contributed by atoms with van der Waals surface area (Å²) >= 11 is 5.16. The summed E-state index contributed by atoms with van der Waals surface area (Å²) in [7, 11) is 0. The highest BCUT2D eigenvalue weighted by molar-refractivity contribution is 7.80. The molecule has 3 heteroatoms. The number of thiocarbonyl (C=S) groups is 1. The van der Waals surface area contributed by atoms with Crippen LogP contribution in [0.15, 0.2) is 0 Å². The summed E-state index contributed by atoms with van der Waals surface area (Å²) in [6, 6.07) is 0. The first kappa shape index (κ1) is 11.9. The van der Waals surface area contributed by atoms with Gasteiger partial charge in [-0.25, -0.2) is 0 Å². The molecule has 1 saturated heterocycles. The van der Waals surface area contributed by atoms with Gasteiger partial charge in [-0.2, -0.15) is 0 Å². The topological polar surface area (TPSA) is 29.3 Å². The number of hydrogen-bond acceptors (Lipinski definition) is 2. The number of nitrogens with zero attached hydrogens (tertiary/aromatic N) is 1. The maximum absolute atomic E-state index is 5.80. The van der Waals surface area contributed by atoms with Crippen LogP contribution in [0.2, 0.25) is 0 Å². The second-order valence-corrected chi connectivity index (χ2v) is 6.91. The van der Waals surface area contributed by atoms with E-state index in [1.165, 1.54) is 51.6 Å². The molecule has 0 aromatic rings. The summed E-state index contributed by atoms with van der Waals surface area (Å²) in [5, 5.41) is 0. The smallest absolute Gasteiger partial charge is 0.0771 e. The molecule has 0 spiro atoms. The van der Waals surface area contributed by atoms with Gasteiger partial charge in [-0.05, 0) is 56.4 Å². The molecule has 0 amide bonds. The van der Waals surface area contributed by atoms with Crippen molar-refractivity contribution < 1.29 is 0 Å². The van der Waals surface area contributed by atoms with Crippen LogP contribution < -0.4 is 5.73 Å². The Labute approximate surface area is 110 Å². The SMILES string of the molecule is NC(=S)C1CCCN(CC2CC3CCC2C3)C1. The third-order valence-corrected chi connectivity index (χ3v) is 5.62. The lowest BCUT2D eigenvalue weighted by Gasteiger charge is -2.35. The van der Waals surface area contributed by atoms with Crippen molar-refractivity contribution in [1.29, 1.82) is 0 Å². The van der Waals surface area contributed by atoms with Crippen molar-refractivity contribution in [2.45, 2.75) is 38.5 Å².